The maximum absolute atomic E-state index is 14.7. The van der Waals surface area contributed by atoms with E-state index in [0.29, 0.717) is 17.7 Å². The van der Waals surface area contributed by atoms with Crippen molar-refractivity contribution in [3.8, 4) is 28.0 Å². The highest BCUT2D eigenvalue weighted by atomic mass is 19.4. The second kappa shape index (κ2) is 9.29. The lowest BCUT2D eigenvalue weighted by atomic mass is 9.98. The minimum absolute atomic E-state index is 0.150. The highest BCUT2D eigenvalue weighted by Crippen LogP contribution is 2.34. The number of halogens is 6. The molecule has 7 heteroatoms. The Bertz CT molecular complexity index is 1060. The van der Waals surface area contributed by atoms with E-state index in [0.717, 1.165) is 24.0 Å². The molecule has 0 aliphatic carbocycles. The Kier molecular flexibility index (Phi) is 6.73. The van der Waals surface area contributed by atoms with Gasteiger partial charge >= 0.3 is 6.36 Å². The normalized spacial score (nSPS) is 11.8. The molecule has 0 aromatic heterocycles. The van der Waals surface area contributed by atoms with Crippen molar-refractivity contribution in [2.45, 2.75) is 26.1 Å². The quantitative estimate of drug-likeness (QED) is 0.282. The zero-order valence-corrected chi connectivity index (χ0v) is 16.4. The lowest BCUT2D eigenvalue weighted by Gasteiger charge is -2.13. The van der Waals surface area contributed by atoms with E-state index in [-0.39, 0.29) is 11.1 Å². The van der Waals surface area contributed by atoms with Crippen molar-refractivity contribution in [3.05, 3.63) is 89.8 Å². The van der Waals surface area contributed by atoms with Gasteiger partial charge in [-0.1, -0.05) is 48.6 Å². The number of allylic oxidation sites excluding steroid dienone is 2. The largest absolute Gasteiger partial charge is 0.573 e. The molecule has 0 bridgehead atoms. The van der Waals surface area contributed by atoms with E-state index in [1.807, 2.05) is 37.3 Å². The SMILES string of the molecule is C/C=C\CCc1ccc(-c2ccc(-c3cc(F)c(OC(F)(F)F)c(F)c3)c(F)c2)cc1. The van der Waals surface area contributed by atoms with E-state index in [1.54, 1.807) is 6.07 Å². The molecule has 0 atom stereocenters. The first-order valence-electron chi connectivity index (χ1n) is 9.43. The van der Waals surface area contributed by atoms with Crippen LogP contribution >= 0.6 is 0 Å². The fraction of sp³-hybridized carbons (Fsp3) is 0.167. The zero-order chi connectivity index (χ0) is 22.6. The van der Waals surface area contributed by atoms with Gasteiger partial charge < -0.3 is 4.74 Å². The lowest BCUT2D eigenvalue weighted by Crippen LogP contribution is -2.19. The van der Waals surface area contributed by atoms with Gasteiger partial charge in [0.05, 0.1) is 0 Å². The van der Waals surface area contributed by atoms with Crippen molar-refractivity contribution in [2.24, 2.45) is 0 Å². The second-order valence-electron chi connectivity index (χ2n) is 6.82. The van der Waals surface area contributed by atoms with Crippen LogP contribution in [0.5, 0.6) is 5.75 Å². The third-order valence-corrected chi connectivity index (χ3v) is 4.62. The molecule has 0 aliphatic heterocycles. The van der Waals surface area contributed by atoms with Gasteiger partial charge in [-0.25, -0.2) is 13.2 Å². The van der Waals surface area contributed by atoms with Gasteiger partial charge in [0.2, 0.25) is 5.75 Å². The van der Waals surface area contributed by atoms with E-state index >= 15 is 0 Å². The highest BCUT2D eigenvalue weighted by molar-refractivity contribution is 5.71. The summed E-state index contributed by atoms with van der Waals surface area (Å²) in [5, 5.41) is 0. The second-order valence-corrected chi connectivity index (χ2v) is 6.82. The molecule has 0 amide bonds. The Balaban J connectivity index is 1.86. The Morgan fingerprint density at radius 2 is 1.35 bits per heavy atom. The molecule has 3 aromatic rings. The van der Waals surface area contributed by atoms with Gasteiger partial charge in [-0.15, -0.1) is 13.2 Å². The molecule has 3 aromatic carbocycles. The number of alkyl halides is 3. The van der Waals surface area contributed by atoms with E-state index in [1.165, 1.54) is 12.1 Å². The van der Waals surface area contributed by atoms with Gasteiger partial charge in [-0.2, -0.15) is 0 Å². The van der Waals surface area contributed by atoms with Crippen LogP contribution in [0.2, 0.25) is 0 Å². The molecule has 0 heterocycles. The molecule has 3 rings (SSSR count). The van der Waals surface area contributed by atoms with E-state index < -0.39 is 29.6 Å². The summed E-state index contributed by atoms with van der Waals surface area (Å²) in [5.74, 6) is -5.51. The molecule has 0 fully saturated rings. The molecular formula is C24H18F6O. The van der Waals surface area contributed by atoms with Crippen LogP contribution in [-0.2, 0) is 6.42 Å². The molecule has 162 valence electrons. The van der Waals surface area contributed by atoms with Gasteiger partial charge in [0.25, 0.3) is 0 Å². The van der Waals surface area contributed by atoms with E-state index in [2.05, 4.69) is 10.8 Å². The van der Waals surface area contributed by atoms with Gasteiger partial charge in [0, 0.05) is 5.56 Å². The third-order valence-electron chi connectivity index (χ3n) is 4.62. The fourth-order valence-electron chi connectivity index (χ4n) is 3.14. The predicted molar refractivity (Wildman–Crippen MR) is 107 cm³/mol. The third kappa shape index (κ3) is 5.69. The van der Waals surface area contributed by atoms with Crippen LogP contribution in [-0.4, -0.2) is 6.36 Å². The molecule has 0 N–H and O–H groups in total. The van der Waals surface area contributed by atoms with Crippen LogP contribution in [0.1, 0.15) is 18.9 Å². The smallest absolute Gasteiger partial charge is 0.399 e. The molecule has 0 saturated heterocycles. The molecular weight excluding hydrogens is 418 g/mol. The van der Waals surface area contributed by atoms with Crippen LogP contribution in [0.4, 0.5) is 26.3 Å². The summed E-state index contributed by atoms with van der Waals surface area (Å²) in [4.78, 5) is 0. The first kappa shape index (κ1) is 22.5. The summed E-state index contributed by atoms with van der Waals surface area (Å²) in [6, 6.07) is 12.9. The minimum atomic E-state index is -5.25. The number of ether oxygens (including phenoxy) is 1. The molecule has 31 heavy (non-hydrogen) atoms. The number of hydrogen-bond donors (Lipinski definition) is 0. The Labute approximate surface area is 175 Å². The molecule has 0 radical (unpaired) electrons. The molecule has 1 nitrogen and oxygen atoms in total. The highest BCUT2D eigenvalue weighted by Gasteiger charge is 2.34. The number of rotatable bonds is 6. The minimum Gasteiger partial charge on any atom is -0.399 e. The Morgan fingerprint density at radius 3 is 1.90 bits per heavy atom. The lowest BCUT2D eigenvalue weighted by molar-refractivity contribution is -0.276. The van der Waals surface area contributed by atoms with Crippen LogP contribution in [0.25, 0.3) is 22.3 Å². The number of hydrogen-bond acceptors (Lipinski definition) is 1. The average Bonchev–Trinajstić information content (AvgIpc) is 2.70. The summed E-state index contributed by atoms with van der Waals surface area (Å²) < 4.78 is 82.8. The van der Waals surface area contributed by atoms with Crippen molar-refractivity contribution < 1.29 is 31.1 Å². The maximum atomic E-state index is 14.7. The Morgan fingerprint density at radius 1 is 0.774 bits per heavy atom. The summed E-state index contributed by atoms with van der Waals surface area (Å²) in [7, 11) is 0. The molecule has 0 saturated carbocycles. The maximum Gasteiger partial charge on any atom is 0.573 e. The zero-order valence-electron chi connectivity index (χ0n) is 16.4. The molecule has 0 spiro atoms. The van der Waals surface area contributed by atoms with Crippen LogP contribution in [0.15, 0.2) is 66.7 Å². The van der Waals surface area contributed by atoms with Crippen molar-refractivity contribution in [2.75, 3.05) is 0 Å². The van der Waals surface area contributed by atoms with Crippen molar-refractivity contribution in [3.63, 3.8) is 0 Å². The van der Waals surface area contributed by atoms with E-state index in [4.69, 9.17) is 0 Å². The van der Waals surface area contributed by atoms with Gasteiger partial charge in [-0.05, 0) is 60.2 Å². The number of aryl methyl sites for hydroxylation is 1. The monoisotopic (exact) mass is 436 g/mol. The van der Waals surface area contributed by atoms with E-state index in [9.17, 15) is 26.3 Å². The fourth-order valence-corrected chi connectivity index (χ4v) is 3.14. The molecule has 0 unspecified atom stereocenters. The van der Waals surface area contributed by atoms with Crippen LogP contribution in [0, 0.1) is 17.5 Å². The summed E-state index contributed by atoms with van der Waals surface area (Å²) in [6.45, 7) is 1.95. The van der Waals surface area contributed by atoms with Gasteiger partial charge in [0.15, 0.2) is 11.6 Å². The van der Waals surface area contributed by atoms with Crippen molar-refractivity contribution in [1.29, 1.82) is 0 Å². The molecule has 0 aliphatic rings. The van der Waals surface area contributed by atoms with Gasteiger partial charge in [0.1, 0.15) is 5.82 Å². The first-order valence-corrected chi connectivity index (χ1v) is 9.43. The van der Waals surface area contributed by atoms with Crippen LogP contribution in [0.3, 0.4) is 0 Å². The predicted octanol–water partition coefficient (Wildman–Crippen LogP) is 7.85. The Hall–Kier alpha value is -3.22. The number of benzene rings is 3. The summed E-state index contributed by atoms with van der Waals surface area (Å²) in [5.41, 5.74) is 2.05. The van der Waals surface area contributed by atoms with Crippen LogP contribution < -0.4 is 4.74 Å². The first-order chi connectivity index (χ1) is 14.7. The average molecular weight is 436 g/mol. The summed E-state index contributed by atoms with van der Waals surface area (Å²) >= 11 is 0. The van der Waals surface area contributed by atoms with Crippen molar-refractivity contribution in [1.82, 2.24) is 0 Å². The topological polar surface area (TPSA) is 9.23 Å². The summed E-state index contributed by atoms with van der Waals surface area (Å²) in [6.07, 6.45) is 0.587. The van der Waals surface area contributed by atoms with Gasteiger partial charge in [-0.3, -0.25) is 0 Å². The van der Waals surface area contributed by atoms with Crippen molar-refractivity contribution >= 4 is 0 Å². The standard InChI is InChI=1S/C24H18F6O/c1-2-3-4-5-15-6-8-16(9-7-15)17-10-11-19(20(25)12-17)18-13-21(26)23(22(27)14-18)31-24(28,29)30/h2-3,6-14H,4-5H2,1H3/b3-2-.